The standard InChI is InChI=1S/C11H16Cl2O/c1-2-11(14)8-4-3-5-9(11)6-7-10(12)13/h2,7,9,14H,1,3-6,8H2. The Labute approximate surface area is 95.4 Å². The summed E-state index contributed by atoms with van der Waals surface area (Å²) in [5.41, 5.74) is -0.724. The quantitative estimate of drug-likeness (QED) is 0.737. The molecule has 0 radical (unpaired) electrons. The number of halogens is 2. The SMILES string of the molecule is C=CC1(O)CCCCC1CC=C(Cl)Cl. The molecule has 14 heavy (non-hydrogen) atoms. The predicted molar refractivity (Wildman–Crippen MR) is 61.5 cm³/mol. The summed E-state index contributed by atoms with van der Waals surface area (Å²) < 4.78 is 0.280. The average molecular weight is 235 g/mol. The lowest BCUT2D eigenvalue weighted by Crippen LogP contribution is -2.38. The molecule has 1 rings (SSSR count). The first kappa shape index (κ1) is 12.1. The second-order valence-electron chi connectivity index (χ2n) is 3.87. The van der Waals surface area contributed by atoms with Gasteiger partial charge >= 0.3 is 0 Å². The molecule has 0 aromatic carbocycles. The fraction of sp³-hybridized carbons (Fsp3) is 0.636. The number of aliphatic hydroxyl groups is 1. The molecule has 80 valence electrons. The maximum absolute atomic E-state index is 10.2. The predicted octanol–water partition coefficient (Wildman–Crippen LogP) is 3.80. The van der Waals surface area contributed by atoms with Crippen molar-refractivity contribution in [2.45, 2.75) is 37.7 Å². The normalized spacial score (nSPS) is 32.4. The smallest absolute Gasteiger partial charge is 0.102 e. The molecule has 1 aliphatic rings. The molecule has 0 spiro atoms. The van der Waals surface area contributed by atoms with E-state index in [1.54, 1.807) is 12.2 Å². The van der Waals surface area contributed by atoms with E-state index in [1.165, 1.54) is 0 Å². The van der Waals surface area contributed by atoms with Gasteiger partial charge in [-0.15, -0.1) is 6.58 Å². The van der Waals surface area contributed by atoms with Gasteiger partial charge in [0.2, 0.25) is 0 Å². The zero-order valence-electron chi connectivity index (χ0n) is 8.18. The summed E-state index contributed by atoms with van der Waals surface area (Å²) in [5, 5.41) is 10.2. The third-order valence-corrected chi connectivity index (χ3v) is 3.31. The van der Waals surface area contributed by atoms with Gasteiger partial charge < -0.3 is 5.11 Å². The van der Waals surface area contributed by atoms with Gasteiger partial charge in [0.25, 0.3) is 0 Å². The zero-order valence-corrected chi connectivity index (χ0v) is 9.69. The Morgan fingerprint density at radius 3 is 2.79 bits per heavy atom. The van der Waals surface area contributed by atoms with Crippen LogP contribution in [-0.4, -0.2) is 10.7 Å². The summed E-state index contributed by atoms with van der Waals surface area (Å²) in [7, 11) is 0. The summed E-state index contributed by atoms with van der Waals surface area (Å²) >= 11 is 11.1. The van der Waals surface area contributed by atoms with Crippen LogP contribution in [0.3, 0.4) is 0 Å². The highest BCUT2D eigenvalue weighted by Crippen LogP contribution is 2.37. The van der Waals surface area contributed by atoms with E-state index in [0.29, 0.717) is 0 Å². The van der Waals surface area contributed by atoms with Crippen LogP contribution in [0.25, 0.3) is 0 Å². The lowest BCUT2D eigenvalue weighted by molar-refractivity contribution is -0.00309. The van der Waals surface area contributed by atoms with Crippen molar-refractivity contribution in [1.82, 2.24) is 0 Å². The van der Waals surface area contributed by atoms with E-state index in [4.69, 9.17) is 23.2 Å². The van der Waals surface area contributed by atoms with E-state index in [-0.39, 0.29) is 10.4 Å². The Hall–Kier alpha value is 0.0200. The van der Waals surface area contributed by atoms with Crippen molar-refractivity contribution in [3.05, 3.63) is 23.2 Å². The van der Waals surface area contributed by atoms with Crippen LogP contribution >= 0.6 is 23.2 Å². The van der Waals surface area contributed by atoms with Crippen molar-refractivity contribution >= 4 is 23.2 Å². The second kappa shape index (κ2) is 5.20. The van der Waals surface area contributed by atoms with Crippen LogP contribution in [0.1, 0.15) is 32.1 Å². The van der Waals surface area contributed by atoms with E-state index in [1.807, 2.05) is 0 Å². The summed E-state index contributed by atoms with van der Waals surface area (Å²) in [6.07, 6.45) is 8.19. The molecule has 1 saturated carbocycles. The summed E-state index contributed by atoms with van der Waals surface area (Å²) in [4.78, 5) is 0. The third kappa shape index (κ3) is 3.01. The molecule has 2 unspecified atom stereocenters. The highest BCUT2D eigenvalue weighted by molar-refractivity contribution is 6.55. The van der Waals surface area contributed by atoms with Crippen LogP contribution < -0.4 is 0 Å². The third-order valence-electron chi connectivity index (χ3n) is 3.00. The Kier molecular flexibility index (Phi) is 4.49. The van der Waals surface area contributed by atoms with Gasteiger partial charge in [0.1, 0.15) is 4.49 Å². The topological polar surface area (TPSA) is 20.2 Å². The molecule has 3 heteroatoms. The van der Waals surface area contributed by atoms with Gasteiger partial charge in [-0.05, 0) is 25.2 Å². The minimum atomic E-state index is -0.724. The molecule has 1 fully saturated rings. The van der Waals surface area contributed by atoms with Gasteiger partial charge in [-0.25, -0.2) is 0 Å². The molecule has 0 aromatic rings. The highest BCUT2D eigenvalue weighted by Gasteiger charge is 2.35. The van der Waals surface area contributed by atoms with E-state index in [2.05, 4.69) is 6.58 Å². The zero-order chi connectivity index (χ0) is 10.6. The van der Waals surface area contributed by atoms with Crippen molar-refractivity contribution in [3.63, 3.8) is 0 Å². The largest absolute Gasteiger partial charge is 0.386 e. The molecule has 1 N–H and O–H groups in total. The highest BCUT2D eigenvalue weighted by atomic mass is 35.5. The number of hydrogen-bond donors (Lipinski definition) is 1. The van der Waals surface area contributed by atoms with Crippen LogP contribution in [0.4, 0.5) is 0 Å². The van der Waals surface area contributed by atoms with E-state index in [9.17, 15) is 5.11 Å². The van der Waals surface area contributed by atoms with Crippen LogP contribution in [0, 0.1) is 5.92 Å². The van der Waals surface area contributed by atoms with E-state index >= 15 is 0 Å². The number of rotatable bonds is 3. The van der Waals surface area contributed by atoms with Crippen LogP contribution in [0.15, 0.2) is 23.2 Å². The molecular formula is C11H16Cl2O. The molecule has 1 nitrogen and oxygen atoms in total. The molecule has 1 aliphatic carbocycles. The molecule has 2 atom stereocenters. The first-order valence-electron chi connectivity index (χ1n) is 4.95. The van der Waals surface area contributed by atoms with E-state index < -0.39 is 5.60 Å². The summed E-state index contributed by atoms with van der Waals surface area (Å²) in [6, 6.07) is 0. The molecular weight excluding hydrogens is 219 g/mol. The van der Waals surface area contributed by atoms with Gasteiger partial charge in [0.15, 0.2) is 0 Å². The molecule has 0 heterocycles. The van der Waals surface area contributed by atoms with Crippen molar-refractivity contribution in [2.75, 3.05) is 0 Å². The van der Waals surface area contributed by atoms with Gasteiger partial charge in [-0.3, -0.25) is 0 Å². The Balaban J connectivity index is 2.63. The number of allylic oxidation sites excluding steroid dienone is 1. The molecule has 0 saturated heterocycles. The monoisotopic (exact) mass is 234 g/mol. The Morgan fingerprint density at radius 2 is 2.21 bits per heavy atom. The maximum Gasteiger partial charge on any atom is 0.102 e. The van der Waals surface area contributed by atoms with Gasteiger partial charge in [0, 0.05) is 0 Å². The number of hydrogen-bond acceptors (Lipinski definition) is 1. The molecule has 0 aliphatic heterocycles. The minimum Gasteiger partial charge on any atom is -0.386 e. The lowest BCUT2D eigenvalue weighted by Gasteiger charge is -2.37. The minimum absolute atomic E-state index is 0.209. The maximum atomic E-state index is 10.2. The Morgan fingerprint density at radius 1 is 1.50 bits per heavy atom. The van der Waals surface area contributed by atoms with Gasteiger partial charge in [-0.2, -0.15) is 0 Å². The van der Waals surface area contributed by atoms with E-state index in [0.717, 1.165) is 32.1 Å². The summed E-state index contributed by atoms with van der Waals surface area (Å²) in [5.74, 6) is 0.209. The lowest BCUT2D eigenvalue weighted by atomic mass is 9.74. The van der Waals surface area contributed by atoms with Crippen molar-refractivity contribution < 1.29 is 5.11 Å². The van der Waals surface area contributed by atoms with Crippen molar-refractivity contribution in [1.29, 1.82) is 0 Å². The van der Waals surface area contributed by atoms with Crippen LogP contribution in [0.2, 0.25) is 0 Å². The van der Waals surface area contributed by atoms with Crippen LogP contribution in [0.5, 0.6) is 0 Å². The van der Waals surface area contributed by atoms with Crippen molar-refractivity contribution in [2.24, 2.45) is 5.92 Å². The van der Waals surface area contributed by atoms with Crippen LogP contribution in [-0.2, 0) is 0 Å². The summed E-state index contributed by atoms with van der Waals surface area (Å²) in [6.45, 7) is 3.70. The fourth-order valence-electron chi connectivity index (χ4n) is 2.07. The van der Waals surface area contributed by atoms with Gasteiger partial charge in [0.05, 0.1) is 5.60 Å². The molecule has 0 bridgehead atoms. The molecule has 0 aromatic heterocycles. The van der Waals surface area contributed by atoms with Crippen molar-refractivity contribution in [3.8, 4) is 0 Å². The second-order valence-corrected chi connectivity index (χ2v) is 4.88. The first-order chi connectivity index (χ1) is 6.58. The van der Waals surface area contributed by atoms with Gasteiger partial charge in [-0.1, -0.05) is 48.2 Å². The molecule has 0 amide bonds. The first-order valence-corrected chi connectivity index (χ1v) is 5.71. The fourth-order valence-corrected chi connectivity index (χ4v) is 2.25. The average Bonchev–Trinajstić information content (AvgIpc) is 2.16. The Bertz CT molecular complexity index is 233.